The summed E-state index contributed by atoms with van der Waals surface area (Å²) >= 11 is 0. The molecule has 24 heavy (non-hydrogen) atoms. The van der Waals surface area contributed by atoms with Crippen LogP contribution in [0.4, 0.5) is 0 Å². The monoisotopic (exact) mass is 312 g/mol. The summed E-state index contributed by atoms with van der Waals surface area (Å²) in [6, 6.07) is 18.9. The summed E-state index contributed by atoms with van der Waals surface area (Å²) in [7, 11) is 0. The average molecular weight is 312 g/mol. The molecule has 4 heteroatoms. The Bertz CT molecular complexity index is 1180. The van der Waals surface area contributed by atoms with Crippen molar-refractivity contribution in [1.29, 1.82) is 0 Å². The van der Waals surface area contributed by atoms with Crippen LogP contribution in [0.5, 0.6) is 11.5 Å². The third-order valence-electron chi connectivity index (χ3n) is 4.40. The minimum absolute atomic E-state index is 0.0608. The van der Waals surface area contributed by atoms with Gasteiger partial charge in [0.2, 0.25) is 0 Å². The molecule has 5 aromatic rings. The molecule has 0 amide bonds. The Hall–Kier alpha value is -3.40. The van der Waals surface area contributed by atoms with Crippen molar-refractivity contribution in [3.8, 4) is 11.5 Å². The van der Waals surface area contributed by atoms with Gasteiger partial charge in [-0.2, -0.15) is 0 Å². The molecule has 0 spiro atoms. The molecule has 0 aliphatic heterocycles. The molecule has 0 atom stereocenters. The first-order chi connectivity index (χ1) is 11.7. The minimum atomic E-state index is 0.0608. The average Bonchev–Trinajstić information content (AvgIpc) is 2.61. The van der Waals surface area contributed by atoms with Gasteiger partial charge in [0.25, 0.3) is 0 Å². The Morgan fingerprint density at radius 1 is 0.542 bits per heavy atom. The molecule has 5 rings (SSSR count). The summed E-state index contributed by atoms with van der Waals surface area (Å²) in [5.74, 6) is 0.122. The lowest BCUT2D eigenvalue weighted by Crippen LogP contribution is -1.91. The lowest BCUT2D eigenvalue weighted by atomic mass is 10.1. The van der Waals surface area contributed by atoms with Gasteiger partial charge in [-0.1, -0.05) is 48.5 Å². The number of aromatic hydroxyl groups is 2. The lowest BCUT2D eigenvalue weighted by molar-refractivity contribution is 0.479. The van der Waals surface area contributed by atoms with Crippen LogP contribution >= 0.6 is 0 Å². The van der Waals surface area contributed by atoms with Crippen LogP contribution in [-0.4, -0.2) is 20.2 Å². The zero-order valence-corrected chi connectivity index (χ0v) is 12.6. The van der Waals surface area contributed by atoms with E-state index in [4.69, 9.17) is 4.98 Å². The maximum Gasteiger partial charge on any atom is 0.144 e. The number of rotatable bonds is 0. The number of aromatic nitrogens is 2. The van der Waals surface area contributed by atoms with Crippen molar-refractivity contribution in [1.82, 2.24) is 9.97 Å². The standard InChI is InChI=1S/C20H12N2O2/c23-15-9-11-5-1-3-7-13(11)17-19(15)22-20-16(24)10-12-6-2-4-8-14(12)18(20)21-17/h1-10,23-24H. The summed E-state index contributed by atoms with van der Waals surface area (Å²) in [5.41, 5.74) is 2.06. The molecular formula is C20H12N2O2. The van der Waals surface area contributed by atoms with E-state index in [0.29, 0.717) is 22.1 Å². The van der Waals surface area contributed by atoms with Gasteiger partial charge in [-0.15, -0.1) is 0 Å². The number of hydrogen-bond donors (Lipinski definition) is 2. The first-order valence-electron chi connectivity index (χ1n) is 7.65. The fourth-order valence-corrected chi connectivity index (χ4v) is 3.28. The third-order valence-corrected chi connectivity index (χ3v) is 4.40. The van der Waals surface area contributed by atoms with E-state index < -0.39 is 0 Å². The highest BCUT2D eigenvalue weighted by Gasteiger charge is 2.14. The number of phenols is 2. The fourth-order valence-electron chi connectivity index (χ4n) is 3.28. The zero-order valence-electron chi connectivity index (χ0n) is 12.6. The first-order valence-corrected chi connectivity index (χ1v) is 7.65. The highest BCUT2D eigenvalue weighted by molar-refractivity contribution is 6.13. The molecule has 2 N–H and O–H groups in total. The van der Waals surface area contributed by atoms with E-state index in [1.54, 1.807) is 12.1 Å². The molecule has 0 aliphatic carbocycles. The zero-order chi connectivity index (χ0) is 16.3. The molecule has 1 aromatic heterocycles. The Morgan fingerprint density at radius 2 is 0.958 bits per heavy atom. The second-order valence-electron chi connectivity index (χ2n) is 5.85. The quantitative estimate of drug-likeness (QED) is 0.326. The molecule has 0 saturated heterocycles. The van der Waals surface area contributed by atoms with E-state index in [9.17, 15) is 10.2 Å². The van der Waals surface area contributed by atoms with Crippen LogP contribution < -0.4 is 0 Å². The second-order valence-corrected chi connectivity index (χ2v) is 5.85. The first kappa shape index (κ1) is 13.1. The van der Waals surface area contributed by atoms with Gasteiger partial charge in [0.15, 0.2) is 0 Å². The summed E-state index contributed by atoms with van der Waals surface area (Å²) in [5, 5.41) is 24.4. The SMILES string of the molecule is Oc1cc2ccccc2c2nc3c(nc12)c(O)cc1ccccc13. The highest BCUT2D eigenvalue weighted by Crippen LogP contribution is 2.36. The number of fused-ring (bicyclic) bond motifs is 6. The summed E-state index contributed by atoms with van der Waals surface area (Å²) in [4.78, 5) is 9.29. The number of hydrogen-bond acceptors (Lipinski definition) is 4. The molecule has 0 unspecified atom stereocenters. The Morgan fingerprint density at radius 3 is 1.46 bits per heavy atom. The molecule has 0 radical (unpaired) electrons. The largest absolute Gasteiger partial charge is 0.506 e. The van der Waals surface area contributed by atoms with Crippen LogP contribution in [0.25, 0.3) is 43.6 Å². The van der Waals surface area contributed by atoms with Gasteiger partial charge in [-0.05, 0) is 22.9 Å². The maximum absolute atomic E-state index is 10.3. The van der Waals surface area contributed by atoms with E-state index in [0.717, 1.165) is 21.5 Å². The van der Waals surface area contributed by atoms with E-state index in [1.807, 2.05) is 48.5 Å². The topological polar surface area (TPSA) is 66.2 Å². The Balaban J connectivity index is 2.10. The van der Waals surface area contributed by atoms with Crippen molar-refractivity contribution in [3.63, 3.8) is 0 Å². The summed E-state index contributed by atoms with van der Waals surface area (Å²) in [6.07, 6.45) is 0. The van der Waals surface area contributed by atoms with Crippen molar-refractivity contribution < 1.29 is 10.2 Å². The van der Waals surface area contributed by atoms with Crippen molar-refractivity contribution in [2.45, 2.75) is 0 Å². The van der Waals surface area contributed by atoms with Crippen molar-refractivity contribution >= 4 is 43.6 Å². The van der Waals surface area contributed by atoms with Gasteiger partial charge in [-0.25, -0.2) is 9.97 Å². The number of phenolic OH excluding ortho intramolecular Hbond substituents is 2. The molecule has 0 saturated carbocycles. The Labute approximate surface area is 136 Å². The van der Waals surface area contributed by atoms with Gasteiger partial charge in [0.1, 0.15) is 33.6 Å². The molecule has 0 bridgehead atoms. The fraction of sp³-hybridized carbons (Fsp3) is 0. The smallest absolute Gasteiger partial charge is 0.144 e. The van der Waals surface area contributed by atoms with Crippen LogP contribution in [0.2, 0.25) is 0 Å². The van der Waals surface area contributed by atoms with Crippen molar-refractivity contribution in [2.24, 2.45) is 0 Å². The molecule has 0 aliphatic rings. The minimum Gasteiger partial charge on any atom is -0.506 e. The lowest BCUT2D eigenvalue weighted by Gasteiger charge is -2.09. The molecular weight excluding hydrogens is 300 g/mol. The number of benzene rings is 4. The van der Waals surface area contributed by atoms with Gasteiger partial charge in [-0.3, -0.25) is 0 Å². The molecule has 1 heterocycles. The van der Waals surface area contributed by atoms with Gasteiger partial charge in [0.05, 0.1) is 0 Å². The predicted molar refractivity (Wildman–Crippen MR) is 95.4 cm³/mol. The molecule has 4 nitrogen and oxygen atoms in total. The predicted octanol–water partition coefficient (Wildman–Crippen LogP) is 4.50. The van der Waals surface area contributed by atoms with E-state index >= 15 is 0 Å². The van der Waals surface area contributed by atoms with Crippen LogP contribution in [0.15, 0.2) is 60.7 Å². The van der Waals surface area contributed by atoms with Gasteiger partial charge in [0, 0.05) is 10.8 Å². The second kappa shape index (κ2) is 4.55. The van der Waals surface area contributed by atoms with Crippen molar-refractivity contribution in [2.75, 3.05) is 0 Å². The van der Waals surface area contributed by atoms with E-state index in [2.05, 4.69) is 4.98 Å². The van der Waals surface area contributed by atoms with Crippen LogP contribution in [-0.2, 0) is 0 Å². The Kier molecular flexibility index (Phi) is 2.48. The maximum atomic E-state index is 10.3. The molecule has 4 aromatic carbocycles. The van der Waals surface area contributed by atoms with E-state index in [-0.39, 0.29) is 11.5 Å². The van der Waals surface area contributed by atoms with Gasteiger partial charge < -0.3 is 10.2 Å². The van der Waals surface area contributed by atoms with E-state index in [1.165, 1.54) is 0 Å². The van der Waals surface area contributed by atoms with Crippen LogP contribution in [0.3, 0.4) is 0 Å². The molecule has 114 valence electrons. The molecule has 0 fully saturated rings. The number of nitrogens with zero attached hydrogens (tertiary/aromatic N) is 2. The summed E-state index contributed by atoms with van der Waals surface area (Å²) in [6.45, 7) is 0. The summed E-state index contributed by atoms with van der Waals surface area (Å²) < 4.78 is 0. The normalized spacial score (nSPS) is 11.7. The van der Waals surface area contributed by atoms with Crippen LogP contribution in [0, 0.1) is 0 Å². The van der Waals surface area contributed by atoms with Crippen LogP contribution in [0.1, 0.15) is 0 Å². The van der Waals surface area contributed by atoms with Crippen molar-refractivity contribution in [3.05, 3.63) is 60.7 Å². The third kappa shape index (κ3) is 1.68. The van der Waals surface area contributed by atoms with Gasteiger partial charge >= 0.3 is 0 Å². The highest BCUT2D eigenvalue weighted by atomic mass is 16.3.